The Balaban J connectivity index is -0.0000000322. The van der Waals surface area contributed by atoms with Crippen molar-refractivity contribution in [1.29, 1.82) is 0 Å². The molecule has 8 heteroatoms. The van der Waals surface area contributed by atoms with E-state index in [1.165, 1.54) is 0 Å². The molecule has 0 aromatic carbocycles. The van der Waals surface area contributed by atoms with Gasteiger partial charge in [-0.15, -0.1) is 12.8 Å². The first-order chi connectivity index (χ1) is 10.1. The van der Waals surface area contributed by atoms with Crippen molar-refractivity contribution < 1.29 is 119 Å². The third-order valence-corrected chi connectivity index (χ3v) is 2.15. The van der Waals surface area contributed by atoms with Gasteiger partial charge in [-0.1, -0.05) is 55.5 Å². The van der Waals surface area contributed by atoms with Gasteiger partial charge in [0.15, 0.2) is 0 Å². The molecule has 0 saturated carbocycles. The van der Waals surface area contributed by atoms with E-state index in [1.54, 1.807) is 0 Å². The van der Waals surface area contributed by atoms with Gasteiger partial charge >= 0.3 is 103 Å². The minimum atomic E-state index is -0.181. The molecule has 0 aromatic rings. The molecule has 0 heterocycles. The second-order valence-corrected chi connectivity index (χ2v) is 3.71. The van der Waals surface area contributed by atoms with Gasteiger partial charge in [0, 0.05) is 0 Å². The zero-order valence-electron chi connectivity index (χ0n) is 16.5. The van der Waals surface area contributed by atoms with Gasteiger partial charge in [0.25, 0.3) is 6.47 Å². The number of halogens is 1. The molecule has 1 N–H and O–H groups in total. The normalized spacial score (nSPS) is 6.83. The monoisotopic (exact) mass is 442 g/mol. The van der Waals surface area contributed by atoms with Crippen molar-refractivity contribution in [2.45, 2.75) is 27.7 Å². The molecule has 0 aliphatic carbocycles. The number of carbonyl (C=O) groups is 1. The van der Waals surface area contributed by atoms with Crippen molar-refractivity contribution >= 4 is 22.4 Å². The van der Waals surface area contributed by atoms with Gasteiger partial charge in [-0.05, 0) is 26.2 Å². The van der Waals surface area contributed by atoms with E-state index in [2.05, 4.69) is 70.6 Å². The standard InChI is InChI=1S/C7H13N.C4H11N.C3H3Br.CH2O3.2K.H/c1-4-7-8(5-2)6-3;1-3-5-4-2;1-2-3-4;2-1-4-3;;;/h1H,5-7H2,2-3H3;5H,3-4H2,1-2H3;1H,3H2;1,3H;;;/q;;;;2*+1;-1/p-1. The number of rotatable bonds is 6. The number of carbonyl (C=O) groups excluding carboxylic acids is 1. The third kappa shape index (κ3) is 68.4. The summed E-state index contributed by atoms with van der Waals surface area (Å²) in [6.07, 6.45) is 9.82. The van der Waals surface area contributed by atoms with Crippen molar-refractivity contribution in [3.63, 3.8) is 0 Å². The Bertz CT molecular complexity index is 260. The Kier molecular flexibility index (Phi) is 86.4. The number of nitrogens with zero attached hydrogens (tertiary/aromatic N) is 1. The molecule has 0 fully saturated rings. The topological polar surface area (TPSA) is 64.6 Å². The summed E-state index contributed by atoms with van der Waals surface area (Å²) in [5.41, 5.74) is 0. The molecule has 0 radical (unpaired) electrons. The summed E-state index contributed by atoms with van der Waals surface area (Å²) in [6, 6.07) is 0. The van der Waals surface area contributed by atoms with E-state index in [-0.39, 0.29) is 111 Å². The summed E-state index contributed by atoms with van der Waals surface area (Å²) < 4.78 is 0. The number of alkyl halides is 1. The summed E-state index contributed by atoms with van der Waals surface area (Å²) in [4.78, 5) is 13.4. The van der Waals surface area contributed by atoms with Crippen LogP contribution in [-0.4, -0.2) is 49.4 Å². The van der Waals surface area contributed by atoms with Crippen LogP contribution in [0.15, 0.2) is 0 Å². The molecule has 0 aliphatic rings. The van der Waals surface area contributed by atoms with Crippen molar-refractivity contribution in [3.05, 3.63) is 0 Å². The van der Waals surface area contributed by atoms with Crippen molar-refractivity contribution in [2.75, 3.05) is 38.1 Å². The van der Waals surface area contributed by atoms with E-state index >= 15 is 0 Å². The van der Waals surface area contributed by atoms with Crippen LogP contribution < -0.4 is 113 Å². The third-order valence-electron chi connectivity index (χ3n) is 1.83. The first kappa shape index (κ1) is 40.1. The Morgan fingerprint density at radius 2 is 1.52 bits per heavy atom. The molecule has 0 rings (SSSR count). The number of terminal acetylenes is 2. The van der Waals surface area contributed by atoms with E-state index in [0.29, 0.717) is 5.33 Å². The Hall–Kier alpha value is 2.22. The van der Waals surface area contributed by atoms with Crippen LogP contribution in [0.5, 0.6) is 0 Å². The van der Waals surface area contributed by atoms with Crippen LogP contribution in [0, 0.1) is 24.7 Å². The fraction of sp³-hybridized carbons (Fsp3) is 0.667. The maximum atomic E-state index is 8.64. The molecule has 0 spiro atoms. The Morgan fingerprint density at radius 3 is 1.57 bits per heavy atom. The van der Waals surface area contributed by atoms with E-state index in [0.717, 1.165) is 32.7 Å². The average Bonchev–Trinajstić information content (AvgIpc) is 2.54. The van der Waals surface area contributed by atoms with Gasteiger partial charge in [0.05, 0.1) is 11.9 Å². The van der Waals surface area contributed by atoms with Gasteiger partial charge in [-0.3, -0.25) is 9.69 Å². The van der Waals surface area contributed by atoms with Gasteiger partial charge in [-0.25, -0.2) is 0 Å². The summed E-state index contributed by atoms with van der Waals surface area (Å²) in [7, 11) is 0. The van der Waals surface area contributed by atoms with Crippen LogP contribution in [0.1, 0.15) is 29.1 Å². The second kappa shape index (κ2) is 49.6. The van der Waals surface area contributed by atoms with Crippen molar-refractivity contribution in [1.82, 2.24) is 10.2 Å². The molecule has 0 unspecified atom stereocenters. The van der Waals surface area contributed by atoms with Crippen LogP contribution in [0.25, 0.3) is 0 Å². The van der Waals surface area contributed by atoms with Gasteiger partial charge in [0.1, 0.15) is 0 Å². The minimum Gasteiger partial charge on any atom is -1.00 e. The summed E-state index contributed by atoms with van der Waals surface area (Å²) in [5, 5.41) is 12.2. The number of hydrogen-bond donors (Lipinski definition) is 1. The summed E-state index contributed by atoms with van der Waals surface area (Å²) in [5.74, 6) is 4.94. The maximum absolute atomic E-state index is 8.64. The molecule has 0 saturated heterocycles. The fourth-order valence-electron chi connectivity index (χ4n) is 0.826. The molecule has 0 aromatic heterocycles. The zero-order chi connectivity index (χ0) is 17.4. The van der Waals surface area contributed by atoms with Gasteiger partial charge in [0.2, 0.25) is 0 Å². The predicted octanol–water partition coefficient (Wildman–Crippen LogP) is -4.85. The van der Waals surface area contributed by atoms with Crippen molar-refractivity contribution in [2.24, 2.45) is 0 Å². The molecule has 0 atom stereocenters. The molecular formula is C15H29BrK2N2O3. The SMILES string of the molecule is C#CCBr.C#CCN(CC)CC.CCNCC.O=CO[O-].[H-].[K+].[K+]. The van der Waals surface area contributed by atoms with E-state index in [9.17, 15) is 0 Å². The van der Waals surface area contributed by atoms with Gasteiger partial charge in [-0.2, -0.15) is 0 Å². The Morgan fingerprint density at radius 1 is 1.17 bits per heavy atom. The van der Waals surface area contributed by atoms with E-state index in [1.807, 2.05) is 0 Å². The largest absolute Gasteiger partial charge is 1.00 e. The number of nitrogens with one attached hydrogen (secondary N) is 1. The quantitative estimate of drug-likeness (QED) is 0.111. The van der Waals surface area contributed by atoms with Crippen LogP contribution in [0.4, 0.5) is 0 Å². The maximum Gasteiger partial charge on any atom is 1.00 e. The molecule has 23 heavy (non-hydrogen) atoms. The van der Waals surface area contributed by atoms with Gasteiger partial charge < -0.3 is 16.9 Å². The summed E-state index contributed by atoms with van der Waals surface area (Å²) >= 11 is 3.01. The zero-order valence-corrected chi connectivity index (χ0v) is 23.4. The molecule has 0 aliphatic heterocycles. The molecular weight excluding hydrogens is 414 g/mol. The van der Waals surface area contributed by atoms with Crippen LogP contribution in [0.3, 0.4) is 0 Å². The fourth-order valence-corrected chi connectivity index (χ4v) is 0.826. The molecule has 5 nitrogen and oxygen atoms in total. The van der Waals surface area contributed by atoms with E-state index < -0.39 is 0 Å². The van der Waals surface area contributed by atoms with Crippen LogP contribution >= 0.6 is 15.9 Å². The molecule has 0 bridgehead atoms. The average molecular weight is 444 g/mol. The predicted molar refractivity (Wildman–Crippen MR) is 91.7 cm³/mol. The number of hydrogen-bond acceptors (Lipinski definition) is 5. The second-order valence-electron chi connectivity index (χ2n) is 3.15. The molecule has 126 valence electrons. The van der Waals surface area contributed by atoms with Crippen molar-refractivity contribution in [3.8, 4) is 24.7 Å². The first-order valence-electron chi connectivity index (χ1n) is 6.67. The first-order valence-corrected chi connectivity index (χ1v) is 7.80. The summed E-state index contributed by atoms with van der Waals surface area (Å²) in [6.45, 7) is 13.3. The van der Waals surface area contributed by atoms with E-state index in [4.69, 9.17) is 22.9 Å². The molecule has 0 amide bonds. The Labute approximate surface area is 237 Å². The van der Waals surface area contributed by atoms with Crippen LogP contribution in [0.2, 0.25) is 0 Å². The smallest absolute Gasteiger partial charge is 1.00 e. The van der Waals surface area contributed by atoms with Crippen LogP contribution in [-0.2, 0) is 9.68 Å². The minimum absolute atomic E-state index is 0.